The first kappa shape index (κ1) is 16.5. The van der Waals surface area contributed by atoms with Crippen molar-refractivity contribution in [3.8, 4) is 0 Å². The second kappa shape index (κ2) is 6.08. The van der Waals surface area contributed by atoms with E-state index in [-0.39, 0.29) is 11.2 Å². The van der Waals surface area contributed by atoms with Gasteiger partial charge in [-0.05, 0) is 50.0 Å². The minimum atomic E-state index is -0.205. The van der Waals surface area contributed by atoms with Gasteiger partial charge in [0.1, 0.15) is 5.82 Å². The smallest absolute Gasteiger partial charge is 0.224 e. The Labute approximate surface area is 135 Å². The van der Waals surface area contributed by atoms with E-state index in [1.165, 1.54) is 0 Å². The summed E-state index contributed by atoms with van der Waals surface area (Å²) in [6, 6.07) is 0. The lowest BCUT2D eigenvalue weighted by Gasteiger charge is -2.47. The quantitative estimate of drug-likeness (QED) is 0.895. The summed E-state index contributed by atoms with van der Waals surface area (Å²) < 4.78 is 7.05. The van der Waals surface area contributed by atoms with Gasteiger partial charge in [0.15, 0.2) is 0 Å². The van der Waals surface area contributed by atoms with Crippen LogP contribution < -0.4 is 10.2 Å². The summed E-state index contributed by atoms with van der Waals surface area (Å²) in [7, 11) is 0. The molecule has 5 nitrogen and oxygen atoms in total. The van der Waals surface area contributed by atoms with E-state index in [0.29, 0.717) is 5.95 Å². The molecule has 0 aliphatic carbocycles. The predicted octanol–water partition coefficient (Wildman–Crippen LogP) is 3.45. The summed E-state index contributed by atoms with van der Waals surface area (Å²) in [5, 5.41) is 3.24. The van der Waals surface area contributed by atoms with Crippen LogP contribution in [0.5, 0.6) is 0 Å². The van der Waals surface area contributed by atoms with Crippen LogP contribution in [-0.4, -0.2) is 40.8 Å². The van der Waals surface area contributed by atoms with Crippen LogP contribution in [0, 0.1) is 0 Å². The number of rotatable bonds is 4. The second-order valence-corrected chi connectivity index (χ2v) is 7.62. The summed E-state index contributed by atoms with van der Waals surface area (Å²) >= 11 is 3.57. The van der Waals surface area contributed by atoms with E-state index in [1.807, 2.05) is 6.20 Å². The van der Waals surface area contributed by atoms with Crippen molar-refractivity contribution in [1.29, 1.82) is 0 Å². The molecular formula is C15H25BrN4O. The average molecular weight is 357 g/mol. The maximum Gasteiger partial charge on any atom is 0.224 e. The molecule has 1 N–H and O–H groups in total. The van der Waals surface area contributed by atoms with Gasteiger partial charge in [-0.1, -0.05) is 6.92 Å². The van der Waals surface area contributed by atoms with Gasteiger partial charge in [-0.3, -0.25) is 0 Å². The fourth-order valence-electron chi connectivity index (χ4n) is 2.84. The largest absolute Gasteiger partial charge is 0.366 e. The van der Waals surface area contributed by atoms with Crippen LogP contribution in [-0.2, 0) is 4.74 Å². The van der Waals surface area contributed by atoms with Crippen LogP contribution in [0.2, 0.25) is 0 Å². The highest BCUT2D eigenvalue weighted by atomic mass is 79.9. The molecular weight excluding hydrogens is 332 g/mol. The molecule has 6 heteroatoms. The molecule has 0 spiro atoms. The molecule has 2 rings (SSSR count). The van der Waals surface area contributed by atoms with Crippen LogP contribution in [0.15, 0.2) is 10.7 Å². The van der Waals surface area contributed by atoms with Gasteiger partial charge in [-0.2, -0.15) is 4.98 Å². The van der Waals surface area contributed by atoms with Crippen molar-refractivity contribution in [3.05, 3.63) is 10.7 Å². The molecule has 2 heterocycles. The highest BCUT2D eigenvalue weighted by molar-refractivity contribution is 9.10. The van der Waals surface area contributed by atoms with Gasteiger partial charge in [0.05, 0.1) is 15.7 Å². The molecule has 1 saturated heterocycles. The van der Waals surface area contributed by atoms with Gasteiger partial charge in [0.2, 0.25) is 5.95 Å². The third-order valence-electron chi connectivity index (χ3n) is 3.25. The van der Waals surface area contributed by atoms with Crippen molar-refractivity contribution in [2.75, 3.05) is 29.9 Å². The Kier molecular flexibility index (Phi) is 4.78. The number of hydrogen-bond donors (Lipinski definition) is 1. The molecule has 0 saturated carbocycles. The Bertz CT molecular complexity index is 488. The van der Waals surface area contributed by atoms with E-state index in [2.05, 4.69) is 70.7 Å². The molecule has 0 atom stereocenters. The van der Waals surface area contributed by atoms with Gasteiger partial charge < -0.3 is 15.0 Å². The zero-order chi connectivity index (χ0) is 15.7. The van der Waals surface area contributed by atoms with E-state index in [0.717, 1.165) is 36.3 Å². The summed E-state index contributed by atoms with van der Waals surface area (Å²) in [4.78, 5) is 11.3. The number of aromatic nitrogens is 2. The molecule has 0 unspecified atom stereocenters. The number of nitrogens with zero attached hydrogens (tertiary/aromatic N) is 3. The Hall–Kier alpha value is -0.880. The first-order chi connectivity index (χ1) is 9.72. The van der Waals surface area contributed by atoms with E-state index in [9.17, 15) is 0 Å². The molecule has 1 aromatic rings. The number of ether oxygens (including phenoxy) is 1. The Balaban J connectivity index is 2.27. The van der Waals surface area contributed by atoms with Gasteiger partial charge in [0, 0.05) is 25.8 Å². The highest BCUT2D eigenvalue weighted by Gasteiger charge is 2.39. The maximum absolute atomic E-state index is 6.13. The standard InChI is InChI=1S/C15H25BrN4O/c1-6-7-17-13-18-8-11(16)12(19-13)20-9-14(2,3)21-15(4,5)10-20/h8H,6-7,9-10H2,1-5H3,(H,17,18,19). The van der Waals surface area contributed by atoms with Crippen LogP contribution in [0.4, 0.5) is 11.8 Å². The van der Waals surface area contributed by atoms with E-state index >= 15 is 0 Å². The van der Waals surface area contributed by atoms with Crippen molar-refractivity contribution < 1.29 is 4.74 Å². The highest BCUT2D eigenvalue weighted by Crippen LogP contribution is 2.33. The molecule has 118 valence electrons. The fraction of sp³-hybridized carbons (Fsp3) is 0.733. The Morgan fingerprint density at radius 3 is 2.48 bits per heavy atom. The average Bonchev–Trinajstić information content (AvgIpc) is 2.34. The topological polar surface area (TPSA) is 50.3 Å². The third kappa shape index (κ3) is 4.30. The number of halogens is 1. The lowest BCUT2D eigenvalue weighted by atomic mass is 9.99. The maximum atomic E-state index is 6.13. The molecule has 1 aliphatic heterocycles. The van der Waals surface area contributed by atoms with Crippen molar-refractivity contribution >= 4 is 27.7 Å². The first-order valence-corrected chi connectivity index (χ1v) is 8.23. The Morgan fingerprint density at radius 2 is 1.90 bits per heavy atom. The van der Waals surface area contributed by atoms with Crippen LogP contribution in [0.1, 0.15) is 41.0 Å². The molecule has 1 aliphatic rings. The monoisotopic (exact) mass is 356 g/mol. The summed E-state index contributed by atoms with van der Waals surface area (Å²) in [6.07, 6.45) is 2.86. The summed E-state index contributed by atoms with van der Waals surface area (Å²) in [5.74, 6) is 1.60. The number of nitrogens with one attached hydrogen (secondary N) is 1. The lowest BCUT2D eigenvalue weighted by Crippen LogP contribution is -2.57. The molecule has 0 bridgehead atoms. The zero-order valence-electron chi connectivity index (χ0n) is 13.5. The second-order valence-electron chi connectivity index (χ2n) is 6.77. The molecule has 21 heavy (non-hydrogen) atoms. The van der Waals surface area contributed by atoms with E-state index in [1.54, 1.807) is 0 Å². The minimum Gasteiger partial charge on any atom is -0.366 e. The number of morpholine rings is 1. The first-order valence-electron chi connectivity index (χ1n) is 7.44. The molecule has 0 radical (unpaired) electrons. The van der Waals surface area contributed by atoms with Crippen LogP contribution in [0.25, 0.3) is 0 Å². The van der Waals surface area contributed by atoms with E-state index < -0.39 is 0 Å². The normalized spacial score (nSPS) is 20.4. The minimum absolute atomic E-state index is 0.205. The third-order valence-corrected chi connectivity index (χ3v) is 3.81. The number of hydrogen-bond acceptors (Lipinski definition) is 5. The van der Waals surface area contributed by atoms with Gasteiger partial charge in [-0.25, -0.2) is 4.98 Å². The number of anilines is 2. The fourth-order valence-corrected chi connectivity index (χ4v) is 3.28. The molecule has 1 fully saturated rings. The van der Waals surface area contributed by atoms with Gasteiger partial charge in [-0.15, -0.1) is 0 Å². The van der Waals surface area contributed by atoms with E-state index in [4.69, 9.17) is 4.74 Å². The molecule has 0 aromatic carbocycles. The molecule has 0 amide bonds. The lowest BCUT2D eigenvalue weighted by molar-refractivity contribution is -0.133. The molecule has 1 aromatic heterocycles. The van der Waals surface area contributed by atoms with Gasteiger partial charge >= 0.3 is 0 Å². The Morgan fingerprint density at radius 1 is 1.29 bits per heavy atom. The van der Waals surface area contributed by atoms with Crippen molar-refractivity contribution in [2.45, 2.75) is 52.2 Å². The van der Waals surface area contributed by atoms with Crippen LogP contribution >= 0.6 is 15.9 Å². The van der Waals surface area contributed by atoms with Gasteiger partial charge in [0.25, 0.3) is 0 Å². The summed E-state index contributed by atoms with van der Waals surface area (Å²) in [5.41, 5.74) is -0.410. The summed E-state index contributed by atoms with van der Waals surface area (Å²) in [6.45, 7) is 13.1. The zero-order valence-corrected chi connectivity index (χ0v) is 15.1. The van der Waals surface area contributed by atoms with Crippen LogP contribution in [0.3, 0.4) is 0 Å². The van der Waals surface area contributed by atoms with Crippen molar-refractivity contribution in [2.24, 2.45) is 0 Å². The predicted molar refractivity (Wildman–Crippen MR) is 90.0 cm³/mol. The SMILES string of the molecule is CCCNc1ncc(Br)c(N2CC(C)(C)OC(C)(C)C2)n1. The van der Waals surface area contributed by atoms with Crippen molar-refractivity contribution in [3.63, 3.8) is 0 Å². The van der Waals surface area contributed by atoms with Crippen molar-refractivity contribution in [1.82, 2.24) is 9.97 Å².